The van der Waals surface area contributed by atoms with Gasteiger partial charge in [0.2, 0.25) is 0 Å². The summed E-state index contributed by atoms with van der Waals surface area (Å²) in [5.41, 5.74) is 0. The number of likely N-dealkylation sites (tertiary alicyclic amines) is 1. The molecule has 2 saturated heterocycles. The molecule has 0 aliphatic carbocycles. The molecule has 14 heavy (non-hydrogen) atoms. The van der Waals surface area contributed by atoms with Gasteiger partial charge in [-0.2, -0.15) is 0 Å². The molecule has 0 aromatic carbocycles. The number of piperidine rings is 2. The van der Waals surface area contributed by atoms with Gasteiger partial charge in [0.05, 0.1) is 0 Å². The van der Waals surface area contributed by atoms with Crippen molar-refractivity contribution >= 4 is 0 Å². The zero-order valence-electron chi connectivity index (χ0n) is 9.55. The first-order valence-electron chi connectivity index (χ1n) is 6.04. The SMILES string of the molecule is C[C](C)CN1CCCC2NCCCC21. The van der Waals surface area contributed by atoms with Crippen LogP contribution in [0.25, 0.3) is 0 Å². The number of hydrogen-bond acceptors (Lipinski definition) is 2. The fourth-order valence-electron chi connectivity index (χ4n) is 2.95. The quantitative estimate of drug-likeness (QED) is 0.723. The summed E-state index contributed by atoms with van der Waals surface area (Å²) in [6, 6.07) is 1.62. The van der Waals surface area contributed by atoms with Gasteiger partial charge in [0.15, 0.2) is 0 Å². The first kappa shape index (κ1) is 10.4. The molecular formula is C12H23N2. The summed E-state index contributed by atoms with van der Waals surface area (Å²) in [4.78, 5) is 2.69. The lowest BCUT2D eigenvalue weighted by Crippen LogP contribution is -2.57. The van der Waals surface area contributed by atoms with E-state index in [0.717, 1.165) is 12.1 Å². The molecule has 81 valence electrons. The zero-order valence-corrected chi connectivity index (χ0v) is 9.55. The summed E-state index contributed by atoms with van der Waals surface area (Å²) in [7, 11) is 0. The molecule has 2 atom stereocenters. The topological polar surface area (TPSA) is 15.3 Å². The Labute approximate surface area is 88.1 Å². The van der Waals surface area contributed by atoms with Gasteiger partial charge in [-0.15, -0.1) is 0 Å². The second kappa shape index (κ2) is 4.63. The lowest BCUT2D eigenvalue weighted by molar-refractivity contribution is 0.0914. The minimum atomic E-state index is 0.789. The maximum absolute atomic E-state index is 3.67. The third-order valence-corrected chi connectivity index (χ3v) is 3.50. The van der Waals surface area contributed by atoms with Crippen molar-refractivity contribution in [3.8, 4) is 0 Å². The Kier molecular flexibility index (Phi) is 3.45. The van der Waals surface area contributed by atoms with Crippen molar-refractivity contribution in [1.82, 2.24) is 10.2 Å². The van der Waals surface area contributed by atoms with Crippen LogP contribution < -0.4 is 5.32 Å². The largest absolute Gasteiger partial charge is 0.312 e. The second-order valence-electron chi connectivity index (χ2n) is 5.09. The lowest BCUT2D eigenvalue weighted by Gasteiger charge is -2.45. The van der Waals surface area contributed by atoms with Crippen molar-refractivity contribution in [3.05, 3.63) is 5.92 Å². The molecular weight excluding hydrogens is 172 g/mol. The van der Waals surface area contributed by atoms with E-state index >= 15 is 0 Å². The van der Waals surface area contributed by atoms with Crippen LogP contribution in [-0.2, 0) is 0 Å². The Morgan fingerprint density at radius 2 is 2.14 bits per heavy atom. The highest BCUT2D eigenvalue weighted by atomic mass is 15.2. The zero-order chi connectivity index (χ0) is 9.97. The third kappa shape index (κ3) is 2.29. The van der Waals surface area contributed by atoms with E-state index in [2.05, 4.69) is 24.1 Å². The second-order valence-corrected chi connectivity index (χ2v) is 5.09. The number of rotatable bonds is 2. The Morgan fingerprint density at radius 1 is 1.29 bits per heavy atom. The molecule has 2 aliphatic heterocycles. The first-order chi connectivity index (χ1) is 6.77. The molecule has 0 aromatic heterocycles. The van der Waals surface area contributed by atoms with Crippen molar-refractivity contribution < 1.29 is 0 Å². The standard InChI is InChI=1S/C12H23N2/c1-10(2)9-14-8-4-5-11-12(14)6-3-7-13-11/h11-13H,3-9H2,1-2H3. The fraction of sp³-hybridized carbons (Fsp3) is 0.917. The number of nitrogens with zero attached hydrogens (tertiary/aromatic N) is 1. The molecule has 0 saturated carbocycles. The van der Waals surface area contributed by atoms with Gasteiger partial charge in [-0.05, 0) is 44.7 Å². The van der Waals surface area contributed by atoms with Gasteiger partial charge < -0.3 is 5.32 Å². The van der Waals surface area contributed by atoms with Crippen LogP contribution in [0.2, 0.25) is 0 Å². The van der Waals surface area contributed by atoms with E-state index in [1.54, 1.807) is 5.92 Å². The highest BCUT2D eigenvalue weighted by Gasteiger charge is 2.32. The summed E-state index contributed by atoms with van der Waals surface area (Å²) in [5, 5.41) is 3.67. The maximum atomic E-state index is 3.67. The lowest BCUT2D eigenvalue weighted by atomic mass is 9.89. The Hall–Kier alpha value is -0.0800. The Bertz CT molecular complexity index is 177. The Balaban J connectivity index is 1.94. The first-order valence-corrected chi connectivity index (χ1v) is 6.04. The van der Waals surface area contributed by atoms with Crippen LogP contribution in [0.15, 0.2) is 0 Å². The van der Waals surface area contributed by atoms with Crippen LogP contribution in [-0.4, -0.2) is 36.6 Å². The molecule has 0 amide bonds. The predicted octanol–water partition coefficient (Wildman–Crippen LogP) is 1.82. The number of hydrogen-bond donors (Lipinski definition) is 1. The molecule has 1 radical (unpaired) electrons. The molecule has 0 spiro atoms. The third-order valence-electron chi connectivity index (χ3n) is 3.50. The van der Waals surface area contributed by atoms with Crippen LogP contribution in [0.4, 0.5) is 0 Å². The van der Waals surface area contributed by atoms with Gasteiger partial charge in [0.1, 0.15) is 0 Å². The number of nitrogens with one attached hydrogen (secondary N) is 1. The highest BCUT2D eigenvalue weighted by molar-refractivity contribution is 4.95. The normalized spacial score (nSPS) is 34.5. The van der Waals surface area contributed by atoms with Gasteiger partial charge >= 0.3 is 0 Å². The van der Waals surface area contributed by atoms with Crippen molar-refractivity contribution in [1.29, 1.82) is 0 Å². The van der Waals surface area contributed by atoms with Crippen LogP contribution in [0.5, 0.6) is 0 Å². The molecule has 2 aliphatic rings. The maximum Gasteiger partial charge on any atom is 0.0250 e. The number of fused-ring (bicyclic) bond motifs is 1. The van der Waals surface area contributed by atoms with Gasteiger partial charge in [-0.25, -0.2) is 0 Å². The van der Waals surface area contributed by atoms with Crippen molar-refractivity contribution in [3.63, 3.8) is 0 Å². The Morgan fingerprint density at radius 3 is 2.93 bits per heavy atom. The summed E-state index contributed by atoms with van der Waals surface area (Å²) < 4.78 is 0. The van der Waals surface area contributed by atoms with Gasteiger partial charge in [-0.1, -0.05) is 13.8 Å². The molecule has 2 heterocycles. The molecule has 2 fully saturated rings. The molecule has 2 nitrogen and oxygen atoms in total. The highest BCUT2D eigenvalue weighted by Crippen LogP contribution is 2.25. The van der Waals surface area contributed by atoms with Crippen LogP contribution in [0.1, 0.15) is 39.5 Å². The molecule has 0 bridgehead atoms. The smallest absolute Gasteiger partial charge is 0.0250 e. The van der Waals surface area contributed by atoms with E-state index in [1.165, 1.54) is 45.3 Å². The minimum Gasteiger partial charge on any atom is -0.312 e. The molecule has 1 N–H and O–H groups in total. The summed E-state index contributed by atoms with van der Waals surface area (Å²) in [5.74, 6) is 1.55. The van der Waals surface area contributed by atoms with E-state index in [0.29, 0.717) is 0 Å². The van der Waals surface area contributed by atoms with E-state index in [9.17, 15) is 0 Å². The molecule has 2 unspecified atom stereocenters. The van der Waals surface area contributed by atoms with Crippen molar-refractivity contribution in [2.75, 3.05) is 19.6 Å². The average Bonchev–Trinajstić information content (AvgIpc) is 2.18. The summed E-state index contributed by atoms with van der Waals surface area (Å²) in [6.45, 7) is 8.26. The van der Waals surface area contributed by atoms with Crippen LogP contribution in [0.3, 0.4) is 0 Å². The molecule has 2 heteroatoms. The minimum absolute atomic E-state index is 0.789. The summed E-state index contributed by atoms with van der Waals surface area (Å²) in [6.07, 6.45) is 5.54. The van der Waals surface area contributed by atoms with Crippen molar-refractivity contribution in [2.24, 2.45) is 0 Å². The van der Waals surface area contributed by atoms with Crippen LogP contribution in [0, 0.1) is 5.92 Å². The van der Waals surface area contributed by atoms with Crippen molar-refractivity contribution in [2.45, 2.75) is 51.6 Å². The van der Waals surface area contributed by atoms with Gasteiger partial charge in [0, 0.05) is 18.6 Å². The van der Waals surface area contributed by atoms with E-state index in [4.69, 9.17) is 0 Å². The van der Waals surface area contributed by atoms with E-state index in [-0.39, 0.29) is 0 Å². The van der Waals surface area contributed by atoms with Gasteiger partial charge in [0.25, 0.3) is 0 Å². The summed E-state index contributed by atoms with van der Waals surface area (Å²) >= 11 is 0. The predicted molar refractivity (Wildman–Crippen MR) is 60.2 cm³/mol. The average molecular weight is 195 g/mol. The molecule has 0 aromatic rings. The monoisotopic (exact) mass is 195 g/mol. The van der Waals surface area contributed by atoms with Crippen LogP contribution >= 0.6 is 0 Å². The molecule has 2 rings (SSSR count). The fourth-order valence-corrected chi connectivity index (χ4v) is 2.95. The van der Waals surface area contributed by atoms with E-state index in [1.807, 2.05) is 0 Å². The van der Waals surface area contributed by atoms with E-state index < -0.39 is 0 Å². The van der Waals surface area contributed by atoms with Gasteiger partial charge in [-0.3, -0.25) is 4.90 Å².